The molecule has 1 aliphatic carbocycles. The Kier molecular flexibility index (Phi) is 12.6. The van der Waals surface area contributed by atoms with Crippen LogP contribution in [0.4, 0.5) is 9.59 Å². The van der Waals surface area contributed by atoms with E-state index in [0.717, 1.165) is 24.0 Å². The van der Waals surface area contributed by atoms with E-state index >= 15 is 0 Å². The minimum Gasteiger partial charge on any atom is -0.457 e. The molecule has 2 unspecified atom stereocenters. The zero-order chi connectivity index (χ0) is 35.3. The van der Waals surface area contributed by atoms with Crippen molar-refractivity contribution >= 4 is 24.1 Å². The molecule has 4 aromatic carbocycles. The molecular formula is C40H42N2O8. The molecular weight excluding hydrogens is 636 g/mol. The molecule has 5 rings (SSSR count). The molecule has 1 saturated carbocycles. The van der Waals surface area contributed by atoms with Crippen molar-refractivity contribution in [1.82, 2.24) is 10.6 Å². The first-order valence-electron chi connectivity index (χ1n) is 17.0. The predicted molar refractivity (Wildman–Crippen MR) is 187 cm³/mol. The first-order valence-corrected chi connectivity index (χ1v) is 17.0. The number of nitrogens with one attached hydrogen (secondary N) is 2. The van der Waals surface area contributed by atoms with Crippen LogP contribution in [0.1, 0.15) is 75.6 Å². The highest BCUT2D eigenvalue weighted by Crippen LogP contribution is 2.36. The summed E-state index contributed by atoms with van der Waals surface area (Å²) in [5.74, 6) is -0.725. The fourth-order valence-electron chi connectivity index (χ4n) is 5.75. The zero-order valence-electron chi connectivity index (χ0n) is 28.2. The van der Waals surface area contributed by atoms with Crippen molar-refractivity contribution in [1.29, 1.82) is 0 Å². The highest BCUT2D eigenvalue weighted by atomic mass is 16.6. The zero-order valence-corrected chi connectivity index (χ0v) is 28.2. The fraction of sp³-hybridized carbons (Fsp3) is 0.300. The Bertz CT molecular complexity index is 1580. The molecule has 4 aromatic rings. The van der Waals surface area contributed by atoms with Gasteiger partial charge in [0, 0.05) is 0 Å². The molecule has 0 spiro atoms. The molecule has 1 aliphatic rings. The van der Waals surface area contributed by atoms with E-state index in [1.807, 2.05) is 123 Å². The van der Waals surface area contributed by atoms with Crippen LogP contribution in [0.3, 0.4) is 0 Å². The second kappa shape index (κ2) is 17.7. The second-order valence-electron chi connectivity index (χ2n) is 12.1. The molecule has 0 aromatic heterocycles. The van der Waals surface area contributed by atoms with Gasteiger partial charge in [0.2, 0.25) is 0 Å². The third-order valence-corrected chi connectivity index (χ3v) is 8.53. The summed E-state index contributed by atoms with van der Waals surface area (Å²) < 4.78 is 21.9. The van der Waals surface area contributed by atoms with Gasteiger partial charge in [-0.2, -0.15) is 0 Å². The Morgan fingerprint density at radius 2 is 0.880 bits per heavy atom. The van der Waals surface area contributed by atoms with E-state index in [1.165, 1.54) is 0 Å². The van der Waals surface area contributed by atoms with Gasteiger partial charge >= 0.3 is 24.1 Å². The third kappa shape index (κ3) is 9.95. The fourth-order valence-corrected chi connectivity index (χ4v) is 5.75. The van der Waals surface area contributed by atoms with Gasteiger partial charge in [0.05, 0.1) is 23.9 Å². The summed E-state index contributed by atoms with van der Waals surface area (Å²) in [4.78, 5) is 51.4. The maximum Gasteiger partial charge on any atom is 0.415 e. The third-order valence-electron chi connectivity index (χ3n) is 8.53. The van der Waals surface area contributed by atoms with Crippen LogP contribution >= 0.6 is 0 Å². The van der Waals surface area contributed by atoms with Crippen LogP contribution in [0.5, 0.6) is 23.0 Å². The maximum atomic E-state index is 12.9. The second-order valence-corrected chi connectivity index (χ2v) is 12.1. The van der Waals surface area contributed by atoms with E-state index in [2.05, 4.69) is 10.6 Å². The number of benzene rings is 4. The summed E-state index contributed by atoms with van der Waals surface area (Å²) in [6.45, 7) is 3.97. The van der Waals surface area contributed by atoms with Gasteiger partial charge in [-0.1, -0.05) is 87.4 Å². The highest BCUT2D eigenvalue weighted by Gasteiger charge is 2.45. The molecule has 50 heavy (non-hydrogen) atoms. The largest absolute Gasteiger partial charge is 0.457 e. The van der Waals surface area contributed by atoms with Crippen molar-refractivity contribution in [3.8, 4) is 23.0 Å². The van der Waals surface area contributed by atoms with Crippen molar-refractivity contribution < 1.29 is 38.1 Å². The van der Waals surface area contributed by atoms with Gasteiger partial charge in [0.15, 0.2) is 0 Å². The minimum absolute atomic E-state index is 0.338. The van der Waals surface area contributed by atoms with Gasteiger partial charge in [-0.05, 0) is 85.3 Å². The van der Waals surface area contributed by atoms with E-state index in [-0.39, 0.29) is 0 Å². The number of carbonyl (C=O) groups excluding carboxylic acids is 4. The summed E-state index contributed by atoms with van der Waals surface area (Å²) in [6.07, 6.45) is 1.63. The Labute approximate surface area is 292 Å². The van der Waals surface area contributed by atoms with Crippen LogP contribution in [-0.4, -0.2) is 24.1 Å². The lowest BCUT2D eigenvalue weighted by molar-refractivity contribution is -0.160. The van der Waals surface area contributed by atoms with E-state index in [4.69, 9.17) is 18.9 Å². The van der Waals surface area contributed by atoms with Crippen molar-refractivity contribution in [3.63, 3.8) is 0 Å². The van der Waals surface area contributed by atoms with Crippen LogP contribution in [0, 0.1) is 11.8 Å². The van der Waals surface area contributed by atoms with E-state index in [0.29, 0.717) is 48.7 Å². The van der Waals surface area contributed by atoms with Crippen LogP contribution < -0.4 is 20.1 Å². The van der Waals surface area contributed by atoms with E-state index < -0.39 is 48.0 Å². The van der Waals surface area contributed by atoms with Crippen LogP contribution in [0.25, 0.3) is 0 Å². The molecule has 2 amide bonds. The molecule has 260 valence electrons. The van der Waals surface area contributed by atoms with Gasteiger partial charge in [0.25, 0.3) is 0 Å². The Morgan fingerprint density at radius 3 is 1.20 bits per heavy atom. The number of esters is 2. The summed E-state index contributed by atoms with van der Waals surface area (Å²) in [5, 5.41) is 5.53. The molecule has 0 aliphatic heterocycles. The van der Waals surface area contributed by atoms with Crippen LogP contribution in [0.15, 0.2) is 109 Å². The van der Waals surface area contributed by atoms with Gasteiger partial charge in [0.1, 0.15) is 23.0 Å². The minimum atomic E-state index is -0.905. The number of rotatable bonds is 14. The van der Waals surface area contributed by atoms with Gasteiger partial charge < -0.3 is 29.6 Å². The summed E-state index contributed by atoms with van der Waals surface area (Å²) in [6, 6.07) is 32.6. The predicted octanol–water partition coefficient (Wildman–Crippen LogP) is 9.19. The standard InChI is InChI=1S/C40H42N2O8/c1-3-11-35(27-17-21-31(22-18-27)47-29-13-7-5-8-14-29)41-39(45)49-37(43)33-25-26-34(33)38(44)50-40(46)42-36(12-4-2)28-19-23-32(24-20-28)48-30-15-9-6-10-16-30/h5-10,13-24,33-36H,3-4,11-12,25-26H2,1-2H3,(H,41,45)(H,42,46)/t33?,34?,35-,36-/m0/s1. The normalized spacial score (nSPS) is 16.1. The van der Waals surface area contributed by atoms with Crippen molar-refractivity contribution in [3.05, 3.63) is 120 Å². The van der Waals surface area contributed by atoms with Gasteiger partial charge in [-0.25, -0.2) is 9.59 Å². The number of amides is 2. The molecule has 10 heteroatoms. The van der Waals surface area contributed by atoms with Crippen LogP contribution in [0.2, 0.25) is 0 Å². The molecule has 0 heterocycles. The Morgan fingerprint density at radius 1 is 0.540 bits per heavy atom. The number of para-hydroxylation sites is 2. The topological polar surface area (TPSA) is 129 Å². The average Bonchev–Trinajstić information content (AvgIpc) is 3.09. The number of hydrogen-bond donors (Lipinski definition) is 2. The quantitative estimate of drug-likeness (QED) is 0.0998. The van der Waals surface area contributed by atoms with E-state index in [1.54, 1.807) is 0 Å². The van der Waals surface area contributed by atoms with Crippen molar-refractivity contribution in [2.24, 2.45) is 11.8 Å². The Balaban J connectivity index is 1.10. The Hall–Kier alpha value is -5.64. The lowest BCUT2D eigenvalue weighted by Crippen LogP contribution is -2.44. The number of ether oxygens (including phenoxy) is 4. The number of hydrogen-bond acceptors (Lipinski definition) is 8. The molecule has 1 fully saturated rings. The van der Waals surface area contributed by atoms with Crippen LogP contribution in [-0.2, 0) is 19.1 Å². The lowest BCUT2D eigenvalue weighted by atomic mass is 9.74. The summed E-state index contributed by atoms with van der Waals surface area (Å²) >= 11 is 0. The van der Waals surface area contributed by atoms with Crippen molar-refractivity contribution in [2.75, 3.05) is 0 Å². The van der Waals surface area contributed by atoms with E-state index in [9.17, 15) is 19.2 Å². The molecule has 0 bridgehead atoms. The molecule has 10 nitrogen and oxygen atoms in total. The SMILES string of the molecule is CCC[C@H](NC(=O)OC(=O)C1CCC1C(=O)OC(=O)N[C@@H](CCC)c1ccc(Oc2ccccc2)cc1)c1ccc(Oc2ccccc2)cc1. The lowest BCUT2D eigenvalue weighted by Gasteiger charge is -2.32. The molecule has 0 saturated heterocycles. The van der Waals surface area contributed by atoms with Crippen molar-refractivity contribution in [2.45, 2.75) is 64.5 Å². The number of carbonyl (C=O) groups is 4. The first-order chi connectivity index (χ1) is 24.3. The average molecular weight is 679 g/mol. The maximum absolute atomic E-state index is 12.9. The molecule has 4 atom stereocenters. The first kappa shape index (κ1) is 35.7. The monoisotopic (exact) mass is 678 g/mol. The summed E-state index contributed by atoms with van der Waals surface area (Å²) in [7, 11) is 0. The number of alkyl carbamates (subject to hydrolysis) is 2. The summed E-state index contributed by atoms with van der Waals surface area (Å²) in [5.41, 5.74) is 1.65. The highest BCUT2D eigenvalue weighted by molar-refractivity contribution is 5.93. The smallest absolute Gasteiger partial charge is 0.415 e. The molecule has 2 N–H and O–H groups in total. The van der Waals surface area contributed by atoms with Gasteiger partial charge in [-0.3, -0.25) is 9.59 Å². The molecule has 0 radical (unpaired) electrons. The van der Waals surface area contributed by atoms with Gasteiger partial charge in [-0.15, -0.1) is 0 Å².